The van der Waals surface area contributed by atoms with Crippen LogP contribution in [0.25, 0.3) is 0 Å². The van der Waals surface area contributed by atoms with Gasteiger partial charge in [0.05, 0.1) is 10.7 Å². The quantitative estimate of drug-likeness (QED) is 0.907. The molecule has 2 rings (SSSR count). The number of amides is 1. The number of pyridine rings is 1. The molecule has 0 aromatic carbocycles. The van der Waals surface area contributed by atoms with Gasteiger partial charge in [-0.1, -0.05) is 0 Å². The lowest BCUT2D eigenvalue weighted by atomic mass is 10.2. The fourth-order valence-electron chi connectivity index (χ4n) is 1.49. The van der Waals surface area contributed by atoms with E-state index in [0.717, 1.165) is 12.6 Å². The van der Waals surface area contributed by atoms with E-state index in [0.29, 0.717) is 23.3 Å². The molecule has 1 aromatic heterocycles. The molecule has 86 valence electrons. The number of nitrogens with zero attached hydrogens (tertiary/aromatic N) is 1. The lowest BCUT2D eigenvalue weighted by molar-refractivity contribution is -0.124. The van der Waals surface area contributed by atoms with Crippen molar-refractivity contribution in [1.82, 2.24) is 4.98 Å². The number of rotatable bonds is 2. The standard InChI is InChI=1S/C10H10BrFN2O2/c11-7-4-6(12)5-13-9(7)14-10(15)8-2-1-3-16-8/h4-5,8H,1-3H2,(H,13,14,15)/t8-/m1/s1. The van der Waals surface area contributed by atoms with E-state index in [4.69, 9.17) is 4.74 Å². The van der Waals surface area contributed by atoms with Crippen LogP contribution >= 0.6 is 15.9 Å². The fraction of sp³-hybridized carbons (Fsp3) is 0.400. The van der Waals surface area contributed by atoms with Crippen molar-refractivity contribution in [3.8, 4) is 0 Å². The molecule has 1 N–H and O–H groups in total. The Hall–Kier alpha value is -1.01. The van der Waals surface area contributed by atoms with Crippen LogP contribution in [-0.2, 0) is 9.53 Å². The minimum Gasteiger partial charge on any atom is -0.368 e. The van der Waals surface area contributed by atoms with Gasteiger partial charge in [0.1, 0.15) is 17.7 Å². The predicted molar refractivity (Wildman–Crippen MR) is 59.5 cm³/mol. The second kappa shape index (κ2) is 4.88. The monoisotopic (exact) mass is 288 g/mol. The summed E-state index contributed by atoms with van der Waals surface area (Å²) in [5, 5.41) is 2.59. The number of carbonyl (C=O) groups is 1. The molecule has 0 bridgehead atoms. The van der Waals surface area contributed by atoms with Crippen LogP contribution in [0.1, 0.15) is 12.8 Å². The molecule has 1 fully saturated rings. The van der Waals surface area contributed by atoms with E-state index < -0.39 is 11.9 Å². The van der Waals surface area contributed by atoms with Crippen LogP contribution < -0.4 is 5.32 Å². The number of carbonyl (C=O) groups excluding carboxylic acids is 1. The molecule has 1 amide bonds. The summed E-state index contributed by atoms with van der Waals surface area (Å²) in [4.78, 5) is 15.4. The molecule has 0 saturated carbocycles. The first-order valence-electron chi connectivity index (χ1n) is 4.90. The van der Waals surface area contributed by atoms with Crippen molar-refractivity contribution in [3.63, 3.8) is 0 Å². The first kappa shape index (κ1) is 11.5. The van der Waals surface area contributed by atoms with E-state index in [1.807, 2.05) is 0 Å². The summed E-state index contributed by atoms with van der Waals surface area (Å²) in [6.07, 6.45) is 2.23. The van der Waals surface area contributed by atoms with Gasteiger partial charge in [0.25, 0.3) is 5.91 Å². The predicted octanol–water partition coefficient (Wildman–Crippen LogP) is 2.10. The van der Waals surface area contributed by atoms with Crippen molar-refractivity contribution in [2.24, 2.45) is 0 Å². The third-order valence-electron chi connectivity index (χ3n) is 2.27. The van der Waals surface area contributed by atoms with Gasteiger partial charge in [-0.3, -0.25) is 4.79 Å². The molecular formula is C10H10BrFN2O2. The van der Waals surface area contributed by atoms with Gasteiger partial charge in [0.2, 0.25) is 0 Å². The lowest BCUT2D eigenvalue weighted by Gasteiger charge is -2.10. The number of anilines is 1. The van der Waals surface area contributed by atoms with Gasteiger partial charge in [0.15, 0.2) is 0 Å². The summed E-state index contributed by atoms with van der Waals surface area (Å²) in [6.45, 7) is 0.607. The topological polar surface area (TPSA) is 51.2 Å². The normalized spacial score (nSPS) is 19.8. The van der Waals surface area contributed by atoms with E-state index in [9.17, 15) is 9.18 Å². The van der Waals surface area contributed by atoms with Gasteiger partial charge in [-0.25, -0.2) is 9.37 Å². The van der Waals surface area contributed by atoms with Crippen LogP contribution in [0.5, 0.6) is 0 Å². The van der Waals surface area contributed by atoms with Crippen molar-refractivity contribution in [2.45, 2.75) is 18.9 Å². The summed E-state index contributed by atoms with van der Waals surface area (Å²) in [7, 11) is 0. The lowest BCUT2D eigenvalue weighted by Crippen LogP contribution is -2.27. The van der Waals surface area contributed by atoms with Crippen LogP contribution in [0.4, 0.5) is 10.2 Å². The van der Waals surface area contributed by atoms with Crippen molar-refractivity contribution < 1.29 is 13.9 Å². The average molecular weight is 289 g/mol. The highest BCUT2D eigenvalue weighted by Crippen LogP contribution is 2.21. The Morgan fingerprint density at radius 1 is 1.69 bits per heavy atom. The number of ether oxygens (including phenoxy) is 1. The van der Waals surface area contributed by atoms with E-state index in [-0.39, 0.29) is 5.91 Å². The highest BCUT2D eigenvalue weighted by molar-refractivity contribution is 9.10. The van der Waals surface area contributed by atoms with Crippen molar-refractivity contribution in [1.29, 1.82) is 0 Å². The molecule has 0 unspecified atom stereocenters. The molecule has 1 saturated heterocycles. The van der Waals surface area contributed by atoms with Gasteiger partial charge >= 0.3 is 0 Å². The number of halogens is 2. The number of aromatic nitrogens is 1. The Bertz CT molecular complexity index is 408. The summed E-state index contributed by atoms with van der Waals surface area (Å²) < 4.78 is 18.4. The second-order valence-corrected chi connectivity index (χ2v) is 4.33. The summed E-state index contributed by atoms with van der Waals surface area (Å²) in [5.74, 6) is -0.388. The Morgan fingerprint density at radius 3 is 3.12 bits per heavy atom. The molecule has 2 heterocycles. The van der Waals surface area contributed by atoms with Crippen molar-refractivity contribution in [3.05, 3.63) is 22.6 Å². The zero-order valence-corrected chi connectivity index (χ0v) is 9.96. The van der Waals surface area contributed by atoms with E-state index in [1.165, 1.54) is 6.07 Å². The fourth-order valence-corrected chi connectivity index (χ4v) is 1.91. The second-order valence-electron chi connectivity index (χ2n) is 3.47. The highest BCUT2D eigenvalue weighted by Gasteiger charge is 2.24. The van der Waals surface area contributed by atoms with Gasteiger partial charge < -0.3 is 10.1 Å². The molecule has 0 radical (unpaired) electrons. The summed E-state index contributed by atoms with van der Waals surface area (Å²) in [6, 6.07) is 1.25. The molecule has 16 heavy (non-hydrogen) atoms. The minimum absolute atomic E-state index is 0.239. The maximum atomic E-state index is 12.8. The Labute approximate surface area is 100 Å². The Balaban J connectivity index is 2.05. The third kappa shape index (κ3) is 2.56. The molecule has 6 heteroatoms. The van der Waals surface area contributed by atoms with Gasteiger partial charge in [0, 0.05) is 6.61 Å². The average Bonchev–Trinajstić information content (AvgIpc) is 2.75. The summed E-state index contributed by atoms with van der Waals surface area (Å²) >= 11 is 3.13. The minimum atomic E-state index is -0.456. The first-order valence-corrected chi connectivity index (χ1v) is 5.69. The van der Waals surface area contributed by atoms with Crippen LogP contribution in [0.2, 0.25) is 0 Å². The molecule has 1 aromatic rings. The first-order chi connectivity index (χ1) is 7.66. The largest absolute Gasteiger partial charge is 0.368 e. The molecule has 0 aliphatic carbocycles. The molecular weight excluding hydrogens is 279 g/mol. The molecule has 1 aliphatic rings. The number of hydrogen-bond acceptors (Lipinski definition) is 3. The van der Waals surface area contributed by atoms with E-state index >= 15 is 0 Å². The number of nitrogens with one attached hydrogen (secondary N) is 1. The van der Waals surface area contributed by atoms with Crippen molar-refractivity contribution >= 4 is 27.7 Å². The van der Waals surface area contributed by atoms with E-state index in [2.05, 4.69) is 26.2 Å². The number of hydrogen-bond donors (Lipinski definition) is 1. The molecule has 1 atom stereocenters. The zero-order valence-electron chi connectivity index (χ0n) is 8.37. The third-order valence-corrected chi connectivity index (χ3v) is 2.88. The van der Waals surface area contributed by atoms with Crippen LogP contribution in [0.15, 0.2) is 16.7 Å². The molecule has 1 aliphatic heterocycles. The van der Waals surface area contributed by atoms with Crippen LogP contribution in [-0.4, -0.2) is 23.6 Å². The Kier molecular flexibility index (Phi) is 3.50. The van der Waals surface area contributed by atoms with Gasteiger partial charge in [-0.2, -0.15) is 0 Å². The van der Waals surface area contributed by atoms with Gasteiger partial charge in [-0.05, 0) is 34.8 Å². The SMILES string of the molecule is O=C(Nc1ncc(F)cc1Br)[C@H]1CCCO1. The molecule has 0 spiro atoms. The maximum absolute atomic E-state index is 12.8. The Morgan fingerprint density at radius 2 is 2.50 bits per heavy atom. The smallest absolute Gasteiger partial charge is 0.254 e. The maximum Gasteiger partial charge on any atom is 0.254 e. The highest BCUT2D eigenvalue weighted by atomic mass is 79.9. The van der Waals surface area contributed by atoms with Crippen LogP contribution in [0.3, 0.4) is 0 Å². The zero-order chi connectivity index (χ0) is 11.5. The van der Waals surface area contributed by atoms with E-state index in [1.54, 1.807) is 0 Å². The van der Waals surface area contributed by atoms with Gasteiger partial charge in [-0.15, -0.1) is 0 Å². The van der Waals surface area contributed by atoms with Crippen molar-refractivity contribution in [2.75, 3.05) is 11.9 Å². The summed E-state index contributed by atoms with van der Waals surface area (Å²) in [5.41, 5.74) is 0. The van der Waals surface area contributed by atoms with Crippen LogP contribution in [0, 0.1) is 5.82 Å². The molecule has 4 nitrogen and oxygen atoms in total.